The van der Waals surface area contributed by atoms with Crippen LogP contribution in [0.4, 0.5) is 0 Å². The molecule has 4 heteroatoms. The van der Waals surface area contributed by atoms with Crippen molar-refractivity contribution in [1.29, 1.82) is 0 Å². The van der Waals surface area contributed by atoms with Crippen molar-refractivity contribution >= 4 is 5.97 Å². The third-order valence-corrected chi connectivity index (χ3v) is 2.84. The van der Waals surface area contributed by atoms with Gasteiger partial charge < -0.3 is 4.74 Å². The summed E-state index contributed by atoms with van der Waals surface area (Å²) in [5, 5.41) is 0. The van der Waals surface area contributed by atoms with E-state index in [2.05, 4.69) is 0 Å². The Balaban J connectivity index is 2.40. The number of nitrogens with zero attached hydrogens (tertiary/aromatic N) is 1. The maximum atomic E-state index is 11.8. The van der Waals surface area contributed by atoms with Crippen LogP contribution < -0.4 is 5.56 Å². The predicted molar refractivity (Wildman–Crippen MR) is 59.4 cm³/mol. The zero-order valence-electron chi connectivity index (χ0n) is 9.53. The Morgan fingerprint density at radius 1 is 1.56 bits per heavy atom. The number of hydrogen-bond acceptors (Lipinski definition) is 3. The minimum absolute atomic E-state index is 0.106. The summed E-state index contributed by atoms with van der Waals surface area (Å²) >= 11 is 0. The normalized spacial score (nSPS) is 18.2. The molecule has 0 saturated heterocycles. The molecule has 0 fully saturated rings. The highest BCUT2D eigenvalue weighted by Gasteiger charge is 2.30. The first-order valence-corrected chi connectivity index (χ1v) is 5.52. The van der Waals surface area contributed by atoms with E-state index >= 15 is 0 Å². The lowest BCUT2D eigenvalue weighted by atomic mass is 10.2. The molecule has 2 rings (SSSR count). The van der Waals surface area contributed by atoms with Gasteiger partial charge in [0.25, 0.3) is 5.56 Å². The quantitative estimate of drug-likeness (QED) is 0.705. The highest BCUT2D eigenvalue weighted by atomic mass is 16.5. The van der Waals surface area contributed by atoms with Crippen molar-refractivity contribution in [2.24, 2.45) is 0 Å². The van der Waals surface area contributed by atoms with E-state index < -0.39 is 6.04 Å². The van der Waals surface area contributed by atoms with Gasteiger partial charge in [0, 0.05) is 11.8 Å². The maximum absolute atomic E-state index is 11.8. The van der Waals surface area contributed by atoms with E-state index in [1.54, 1.807) is 17.6 Å². The molecule has 1 atom stereocenters. The lowest BCUT2D eigenvalue weighted by Crippen LogP contribution is -2.28. The number of aromatic nitrogens is 1. The number of pyridine rings is 1. The lowest BCUT2D eigenvalue weighted by molar-refractivity contribution is -0.147. The number of carbonyl (C=O) groups excluding carboxylic acids is 1. The van der Waals surface area contributed by atoms with Crippen LogP contribution in [0.5, 0.6) is 0 Å². The fraction of sp³-hybridized carbons (Fsp3) is 0.500. The van der Waals surface area contributed by atoms with Crippen LogP contribution in [0.3, 0.4) is 0 Å². The van der Waals surface area contributed by atoms with Gasteiger partial charge >= 0.3 is 5.97 Å². The number of esters is 1. The van der Waals surface area contributed by atoms with Crippen molar-refractivity contribution in [3.63, 3.8) is 0 Å². The van der Waals surface area contributed by atoms with Gasteiger partial charge in [-0.2, -0.15) is 0 Å². The topological polar surface area (TPSA) is 48.3 Å². The first-order valence-electron chi connectivity index (χ1n) is 5.52. The highest BCUT2D eigenvalue weighted by molar-refractivity contribution is 5.75. The van der Waals surface area contributed by atoms with Crippen LogP contribution in [-0.2, 0) is 16.0 Å². The largest absolute Gasteiger partial charge is 0.464 e. The Labute approximate surface area is 93.8 Å². The van der Waals surface area contributed by atoms with E-state index in [1.165, 1.54) is 0 Å². The van der Waals surface area contributed by atoms with Crippen molar-refractivity contribution in [2.45, 2.75) is 32.7 Å². The van der Waals surface area contributed by atoms with Crippen LogP contribution in [0.25, 0.3) is 0 Å². The third-order valence-electron chi connectivity index (χ3n) is 2.84. The summed E-state index contributed by atoms with van der Waals surface area (Å²) in [6.07, 6.45) is 1.43. The molecule has 2 heterocycles. The molecule has 0 N–H and O–H groups in total. The van der Waals surface area contributed by atoms with Gasteiger partial charge in [-0.25, -0.2) is 4.79 Å². The monoisotopic (exact) mass is 221 g/mol. The second-order valence-electron chi connectivity index (χ2n) is 4.04. The first kappa shape index (κ1) is 10.9. The van der Waals surface area contributed by atoms with E-state index in [0.29, 0.717) is 13.0 Å². The van der Waals surface area contributed by atoms with Crippen LogP contribution in [-0.4, -0.2) is 17.1 Å². The molecule has 0 bridgehead atoms. The lowest BCUT2D eigenvalue weighted by Gasteiger charge is -2.13. The molecule has 0 saturated carbocycles. The third kappa shape index (κ3) is 1.75. The molecule has 1 unspecified atom stereocenters. The summed E-state index contributed by atoms with van der Waals surface area (Å²) in [6.45, 7) is 4.01. The van der Waals surface area contributed by atoms with Crippen LogP contribution in [0.2, 0.25) is 0 Å². The average Bonchev–Trinajstić information content (AvgIpc) is 2.61. The number of rotatable bonds is 2. The summed E-state index contributed by atoms with van der Waals surface area (Å²) in [4.78, 5) is 23.5. The zero-order chi connectivity index (χ0) is 11.7. The Kier molecular flexibility index (Phi) is 2.81. The van der Waals surface area contributed by atoms with Crippen LogP contribution in [0.1, 0.15) is 30.6 Å². The van der Waals surface area contributed by atoms with Gasteiger partial charge in [-0.1, -0.05) is 0 Å². The predicted octanol–water partition coefficient (Wildman–Crippen LogP) is 1.21. The van der Waals surface area contributed by atoms with Crippen molar-refractivity contribution < 1.29 is 9.53 Å². The Morgan fingerprint density at radius 3 is 3.00 bits per heavy atom. The summed E-state index contributed by atoms with van der Waals surface area (Å²) in [5.41, 5.74) is 1.77. The number of ether oxygens (including phenoxy) is 1. The average molecular weight is 221 g/mol. The molecule has 0 aliphatic carbocycles. The zero-order valence-corrected chi connectivity index (χ0v) is 9.53. The van der Waals surface area contributed by atoms with Gasteiger partial charge in [0.2, 0.25) is 0 Å². The standard InChI is InChI=1S/C12H15NO3/c1-3-16-12(15)10-5-4-9-6-8(2)7-11(14)13(9)10/h6-7,10H,3-5H2,1-2H3. The van der Waals surface area contributed by atoms with Gasteiger partial charge in [0.1, 0.15) is 6.04 Å². The van der Waals surface area contributed by atoms with Crippen molar-refractivity contribution in [3.05, 3.63) is 33.7 Å². The summed E-state index contributed by atoms with van der Waals surface area (Å²) in [5.74, 6) is -0.299. The molecule has 1 aromatic rings. The smallest absolute Gasteiger partial charge is 0.329 e. The molecular formula is C12H15NO3. The van der Waals surface area contributed by atoms with Crippen molar-refractivity contribution in [3.8, 4) is 0 Å². The highest BCUT2D eigenvalue weighted by Crippen LogP contribution is 2.25. The molecular weight excluding hydrogens is 206 g/mol. The Morgan fingerprint density at radius 2 is 2.31 bits per heavy atom. The van der Waals surface area contributed by atoms with Crippen molar-refractivity contribution in [2.75, 3.05) is 6.61 Å². The van der Waals surface area contributed by atoms with E-state index in [4.69, 9.17) is 4.74 Å². The molecule has 1 aliphatic heterocycles. The summed E-state index contributed by atoms with van der Waals surface area (Å²) < 4.78 is 6.53. The molecule has 0 spiro atoms. The van der Waals surface area contributed by atoms with E-state index in [0.717, 1.165) is 17.7 Å². The number of hydrogen-bond donors (Lipinski definition) is 0. The molecule has 1 aliphatic rings. The SMILES string of the molecule is CCOC(=O)C1CCc2cc(C)cc(=O)n21. The molecule has 4 nitrogen and oxygen atoms in total. The second kappa shape index (κ2) is 4.12. The molecule has 16 heavy (non-hydrogen) atoms. The van der Waals surface area contributed by atoms with E-state index in [-0.39, 0.29) is 11.5 Å². The van der Waals surface area contributed by atoms with Crippen LogP contribution in [0.15, 0.2) is 16.9 Å². The fourth-order valence-electron chi connectivity index (χ4n) is 2.20. The van der Waals surface area contributed by atoms with Crippen molar-refractivity contribution in [1.82, 2.24) is 4.57 Å². The van der Waals surface area contributed by atoms with E-state index in [1.807, 2.05) is 13.0 Å². The van der Waals surface area contributed by atoms with Gasteiger partial charge in [0.15, 0.2) is 0 Å². The fourth-order valence-corrected chi connectivity index (χ4v) is 2.20. The molecule has 0 amide bonds. The number of aryl methyl sites for hydroxylation is 2. The minimum atomic E-state index is -0.428. The van der Waals surface area contributed by atoms with Crippen LogP contribution >= 0.6 is 0 Å². The molecule has 0 radical (unpaired) electrons. The van der Waals surface area contributed by atoms with Gasteiger partial charge in [-0.3, -0.25) is 9.36 Å². The van der Waals surface area contributed by atoms with Gasteiger partial charge in [-0.15, -0.1) is 0 Å². The van der Waals surface area contributed by atoms with E-state index in [9.17, 15) is 9.59 Å². The maximum Gasteiger partial charge on any atom is 0.329 e. The number of carbonyl (C=O) groups is 1. The molecule has 0 aromatic carbocycles. The minimum Gasteiger partial charge on any atom is -0.464 e. The van der Waals surface area contributed by atoms with Gasteiger partial charge in [0.05, 0.1) is 6.61 Å². The van der Waals surface area contributed by atoms with Gasteiger partial charge in [-0.05, 0) is 38.3 Å². The summed E-state index contributed by atoms with van der Waals surface area (Å²) in [6, 6.07) is 3.09. The summed E-state index contributed by atoms with van der Waals surface area (Å²) in [7, 11) is 0. The Bertz CT molecular complexity index is 476. The molecule has 86 valence electrons. The first-order chi connectivity index (χ1) is 7.63. The Hall–Kier alpha value is -1.58. The number of fused-ring (bicyclic) bond motifs is 1. The second-order valence-corrected chi connectivity index (χ2v) is 4.04. The molecule has 1 aromatic heterocycles. The van der Waals surface area contributed by atoms with Crippen LogP contribution in [0, 0.1) is 6.92 Å².